The molecule has 4 nitrogen and oxygen atoms in total. The Morgan fingerprint density at radius 3 is 2.83 bits per heavy atom. The van der Waals surface area contributed by atoms with E-state index in [-0.39, 0.29) is 5.78 Å². The maximum Gasteiger partial charge on any atom is 0.159 e. The van der Waals surface area contributed by atoms with Crippen molar-refractivity contribution in [3.05, 3.63) is 53.3 Å². The number of carbonyl (C=O) groups excluding carboxylic acids is 1. The van der Waals surface area contributed by atoms with E-state index in [9.17, 15) is 4.79 Å². The predicted molar refractivity (Wildman–Crippen MR) is 90.8 cm³/mol. The van der Waals surface area contributed by atoms with Crippen molar-refractivity contribution in [1.82, 2.24) is 9.47 Å². The number of benzene rings is 1. The van der Waals surface area contributed by atoms with Gasteiger partial charge in [-0.05, 0) is 56.6 Å². The topological polar surface area (TPSA) is 34.5 Å². The largest absolute Gasteiger partial charge is 0.496 e. The summed E-state index contributed by atoms with van der Waals surface area (Å²) in [7, 11) is 3.79. The highest BCUT2D eigenvalue weighted by molar-refractivity contribution is 5.94. The molecule has 2 aromatic rings. The monoisotopic (exact) mass is 312 g/mol. The molecule has 2 heterocycles. The van der Waals surface area contributed by atoms with Crippen LogP contribution in [0.3, 0.4) is 0 Å². The summed E-state index contributed by atoms with van der Waals surface area (Å²) in [6, 6.07) is 10.4. The van der Waals surface area contributed by atoms with E-state index in [4.69, 9.17) is 4.74 Å². The highest BCUT2D eigenvalue weighted by Crippen LogP contribution is 2.34. The third-order valence-corrected chi connectivity index (χ3v) is 4.75. The number of aromatic nitrogens is 1. The maximum absolute atomic E-state index is 11.7. The molecule has 0 N–H and O–H groups in total. The maximum atomic E-state index is 11.7. The summed E-state index contributed by atoms with van der Waals surface area (Å²) in [5, 5.41) is 0. The first-order valence-electron chi connectivity index (χ1n) is 8.13. The molecule has 0 spiro atoms. The Labute approximate surface area is 137 Å². The minimum absolute atomic E-state index is 0.0920. The molecule has 1 aromatic heterocycles. The standard InChI is InChI=1S/C19H24N2O2/c1-14(22)15-8-9-19(23-3)16(12-15)13-21-11-5-7-18(21)17-6-4-10-20(17)2/h4,6,8-10,12,18H,5,7,11,13H2,1-3H3/t18-/m1/s1. The molecule has 3 rings (SSSR count). The van der Waals surface area contributed by atoms with Crippen LogP contribution in [0.5, 0.6) is 5.75 Å². The van der Waals surface area contributed by atoms with Gasteiger partial charge in [0.25, 0.3) is 0 Å². The van der Waals surface area contributed by atoms with Crippen LogP contribution >= 0.6 is 0 Å². The number of hydrogen-bond acceptors (Lipinski definition) is 3. The molecule has 1 aliphatic heterocycles. The van der Waals surface area contributed by atoms with E-state index >= 15 is 0 Å². The van der Waals surface area contributed by atoms with Gasteiger partial charge < -0.3 is 9.30 Å². The Morgan fingerprint density at radius 2 is 2.17 bits per heavy atom. The number of rotatable bonds is 5. The number of hydrogen-bond donors (Lipinski definition) is 0. The van der Waals surface area contributed by atoms with Gasteiger partial charge in [-0.1, -0.05) is 0 Å². The zero-order valence-electron chi connectivity index (χ0n) is 14.1. The molecule has 0 amide bonds. The van der Waals surface area contributed by atoms with Gasteiger partial charge in [-0.15, -0.1) is 0 Å². The zero-order valence-corrected chi connectivity index (χ0v) is 14.1. The first kappa shape index (κ1) is 15.8. The van der Waals surface area contributed by atoms with Crippen LogP contribution in [0.15, 0.2) is 36.5 Å². The lowest BCUT2D eigenvalue weighted by atomic mass is 10.1. The van der Waals surface area contributed by atoms with Crippen molar-refractivity contribution < 1.29 is 9.53 Å². The second kappa shape index (κ2) is 6.59. The van der Waals surface area contributed by atoms with Crippen molar-refractivity contribution in [2.45, 2.75) is 32.4 Å². The van der Waals surface area contributed by atoms with Gasteiger partial charge in [-0.3, -0.25) is 9.69 Å². The van der Waals surface area contributed by atoms with E-state index in [1.54, 1.807) is 14.0 Å². The van der Waals surface area contributed by atoms with Crippen LogP contribution in [0.25, 0.3) is 0 Å². The fourth-order valence-corrected chi connectivity index (χ4v) is 3.51. The Kier molecular flexibility index (Phi) is 4.53. The molecule has 122 valence electrons. The van der Waals surface area contributed by atoms with Crippen LogP contribution in [0, 0.1) is 0 Å². The number of likely N-dealkylation sites (tertiary alicyclic amines) is 1. The average molecular weight is 312 g/mol. The summed E-state index contributed by atoms with van der Waals surface area (Å²) in [5.41, 5.74) is 3.18. The summed E-state index contributed by atoms with van der Waals surface area (Å²) < 4.78 is 7.70. The van der Waals surface area contributed by atoms with Crippen LogP contribution in [0.1, 0.15) is 47.4 Å². The molecule has 1 atom stereocenters. The summed E-state index contributed by atoms with van der Waals surface area (Å²) in [4.78, 5) is 14.2. The number of methoxy groups -OCH3 is 1. The smallest absolute Gasteiger partial charge is 0.159 e. The summed E-state index contributed by atoms with van der Waals surface area (Å²) in [6.45, 7) is 3.48. The van der Waals surface area contributed by atoms with Gasteiger partial charge in [0, 0.05) is 36.6 Å². The highest BCUT2D eigenvalue weighted by atomic mass is 16.5. The molecule has 0 bridgehead atoms. The molecule has 0 aliphatic carbocycles. The van der Waals surface area contributed by atoms with Gasteiger partial charge >= 0.3 is 0 Å². The Balaban J connectivity index is 1.87. The summed E-state index contributed by atoms with van der Waals surface area (Å²) >= 11 is 0. The van der Waals surface area contributed by atoms with Crippen LogP contribution in [0.2, 0.25) is 0 Å². The van der Waals surface area contributed by atoms with E-state index < -0.39 is 0 Å². The number of Topliss-reactive ketones (excluding diaryl/α,β-unsaturated/α-hetero) is 1. The third-order valence-electron chi connectivity index (χ3n) is 4.75. The van der Waals surface area contributed by atoms with E-state index in [1.165, 1.54) is 18.5 Å². The van der Waals surface area contributed by atoms with Gasteiger partial charge in [0.1, 0.15) is 5.75 Å². The van der Waals surface area contributed by atoms with Crippen LogP contribution in [-0.2, 0) is 13.6 Å². The number of ketones is 1. The van der Waals surface area contributed by atoms with Gasteiger partial charge in [-0.25, -0.2) is 0 Å². The van der Waals surface area contributed by atoms with Crippen molar-refractivity contribution in [2.24, 2.45) is 7.05 Å². The molecule has 0 unspecified atom stereocenters. The van der Waals surface area contributed by atoms with E-state index in [0.717, 1.165) is 30.0 Å². The summed E-state index contributed by atoms with van der Waals surface area (Å²) in [5.74, 6) is 0.946. The first-order chi connectivity index (χ1) is 11.1. The van der Waals surface area contributed by atoms with E-state index in [2.05, 4.69) is 34.8 Å². The fraction of sp³-hybridized carbons (Fsp3) is 0.421. The predicted octanol–water partition coefficient (Wildman–Crippen LogP) is 3.57. The molecule has 1 aliphatic rings. The van der Waals surface area contributed by atoms with Crippen LogP contribution < -0.4 is 4.74 Å². The molecule has 1 aromatic carbocycles. The zero-order chi connectivity index (χ0) is 16.4. The second-order valence-electron chi connectivity index (χ2n) is 6.26. The molecule has 1 saturated heterocycles. The van der Waals surface area contributed by atoms with Gasteiger partial charge in [-0.2, -0.15) is 0 Å². The van der Waals surface area contributed by atoms with Gasteiger partial charge in [0.2, 0.25) is 0 Å². The van der Waals surface area contributed by atoms with Crippen molar-refractivity contribution in [2.75, 3.05) is 13.7 Å². The minimum atomic E-state index is 0.0920. The van der Waals surface area contributed by atoms with E-state index in [1.807, 2.05) is 18.2 Å². The van der Waals surface area contributed by atoms with Crippen molar-refractivity contribution >= 4 is 5.78 Å². The van der Waals surface area contributed by atoms with Gasteiger partial charge in [0.05, 0.1) is 13.2 Å². The molecule has 4 heteroatoms. The fourth-order valence-electron chi connectivity index (χ4n) is 3.51. The van der Waals surface area contributed by atoms with Crippen molar-refractivity contribution in [3.63, 3.8) is 0 Å². The number of carbonyl (C=O) groups is 1. The number of aryl methyl sites for hydroxylation is 1. The average Bonchev–Trinajstić information content (AvgIpc) is 3.15. The Bertz CT molecular complexity index is 705. The lowest BCUT2D eigenvalue weighted by molar-refractivity contribution is 0.101. The normalized spacial score (nSPS) is 18.3. The Hall–Kier alpha value is -2.07. The molecule has 0 radical (unpaired) electrons. The minimum Gasteiger partial charge on any atom is -0.496 e. The second-order valence-corrected chi connectivity index (χ2v) is 6.26. The molecule has 1 fully saturated rings. The SMILES string of the molecule is COc1ccc(C(C)=O)cc1CN1CCC[C@@H]1c1cccn1C. The molecule has 23 heavy (non-hydrogen) atoms. The van der Waals surface area contributed by atoms with E-state index in [0.29, 0.717) is 6.04 Å². The first-order valence-corrected chi connectivity index (χ1v) is 8.13. The molecule has 0 saturated carbocycles. The molecular weight excluding hydrogens is 288 g/mol. The van der Waals surface area contributed by atoms with Gasteiger partial charge in [0.15, 0.2) is 5.78 Å². The highest BCUT2D eigenvalue weighted by Gasteiger charge is 2.28. The molecular formula is C19H24N2O2. The quantitative estimate of drug-likeness (QED) is 0.792. The lowest BCUT2D eigenvalue weighted by Gasteiger charge is -2.26. The summed E-state index contributed by atoms with van der Waals surface area (Å²) in [6.07, 6.45) is 4.47. The van der Waals surface area contributed by atoms with Crippen LogP contribution in [0.4, 0.5) is 0 Å². The number of ether oxygens (including phenoxy) is 1. The Morgan fingerprint density at radius 1 is 1.35 bits per heavy atom. The third kappa shape index (κ3) is 3.17. The van der Waals surface area contributed by atoms with Crippen molar-refractivity contribution in [3.8, 4) is 5.75 Å². The number of nitrogens with zero attached hydrogens (tertiary/aromatic N) is 2. The van der Waals surface area contributed by atoms with Crippen LogP contribution in [-0.4, -0.2) is 28.9 Å². The lowest BCUT2D eigenvalue weighted by Crippen LogP contribution is -2.24. The van der Waals surface area contributed by atoms with Crippen molar-refractivity contribution in [1.29, 1.82) is 0 Å².